The smallest absolute Gasteiger partial charge is 0.138 e. The van der Waals surface area contributed by atoms with Gasteiger partial charge in [-0.3, -0.25) is 4.68 Å². The maximum atomic E-state index is 8.80. The zero-order chi connectivity index (χ0) is 14.7. The molecule has 0 saturated carbocycles. The minimum absolute atomic E-state index is 0.362. The van der Waals surface area contributed by atoms with Gasteiger partial charge in [0.05, 0.1) is 32.5 Å². The van der Waals surface area contributed by atoms with Crippen LogP contribution in [0.4, 0.5) is 0 Å². The van der Waals surface area contributed by atoms with Crippen LogP contribution in [0.15, 0.2) is 22.7 Å². The van der Waals surface area contributed by atoms with Crippen molar-refractivity contribution in [2.45, 2.75) is 27.0 Å². The molecular weight excluding hydrogens is 342 g/mol. The largest absolute Gasteiger partial charge is 0.486 e. The molecule has 6 heteroatoms. The summed E-state index contributed by atoms with van der Waals surface area (Å²) in [6.45, 7) is 5.10. The average molecular weight is 355 g/mol. The van der Waals surface area contributed by atoms with Crippen molar-refractivity contribution < 1.29 is 4.74 Å². The highest BCUT2D eigenvalue weighted by molar-refractivity contribution is 9.10. The molecule has 4 nitrogen and oxygen atoms in total. The van der Waals surface area contributed by atoms with Crippen molar-refractivity contribution in [2.75, 3.05) is 0 Å². The van der Waals surface area contributed by atoms with Crippen molar-refractivity contribution in [3.8, 4) is 11.8 Å². The van der Waals surface area contributed by atoms with Gasteiger partial charge >= 0.3 is 0 Å². The highest BCUT2D eigenvalue weighted by Gasteiger charge is 2.13. The summed E-state index contributed by atoms with van der Waals surface area (Å²) in [6.07, 6.45) is 0. The molecule has 0 unspecified atom stereocenters. The van der Waals surface area contributed by atoms with Crippen molar-refractivity contribution in [2.24, 2.45) is 0 Å². The Labute approximate surface area is 131 Å². The quantitative estimate of drug-likeness (QED) is 0.831. The van der Waals surface area contributed by atoms with Crippen LogP contribution in [-0.4, -0.2) is 9.78 Å². The zero-order valence-electron chi connectivity index (χ0n) is 11.2. The van der Waals surface area contributed by atoms with Crippen LogP contribution in [0.1, 0.15) is 23.9 Å². The Morgan fingerprint density at radius 2 is 2.25 bits per heavy atom. The molecule has 2 rings (SSSR count). The summed E-state index contributed by atoms with van der Waals surface area (Å²) in [5, 5.41) is 13.6. The number of nitriles is 1. The standard InChI is InChI=1S/C14H13BrClN3O/c1-3-19-12(14(15)9(2)18-19)8-20-13-5-4-10(7-17)6-11(13)16/h4-6H,3,8H2,1-2H3. The lowest BCUT2D eigenvalue weighted by atomic mass is 10.2. The molecule has 20 heavy (non-hydrogen) atoms. The van der Waals surface area contributed by atoms with Crippen LogP contribution in [0.5, 0.6) is 5.75 Å². The first-order chi connectivity index (χ1) is 9.56. The molecule has 0 radical (unpaired) electrons. The number of aromatic nitrogens is 2. The second-order valence-corrected chi connectivity index (χ2v) is 5.41. The molecule has 2 aromatic rings. The van der Waals surface area contributed by atoms with E-state index in [9.17, 15) is 0 Å². The first kappa shape index (κ1) is 14.9. The van der Waals surface area contributed by atoms with Crippen LogP contribution < -0.4 is 4.74 Å². The highest BCUT2D eigenvalue weighted by Crippen LogP contribution is 2.28. The Bertz CT molecular complexity index is 676. The van der Waals surface area contributed by atoms with Gasteiger partial charge in [0.1, 0.15) is 12.4 Å². The third-order valence-corrected chi connectivity index (χ3v) is 4.21. The second kappa shape index (κ2) is 6.29. The maximum Gasteiger partial charge on any atom is 0.138 e. The minimum Gasteiger partial charge on any atom is -0.486 e. The molecule has 1 heterocycles. The molecule has 0 bridgehead atoms. The number of halogens is 2. The molecule has 0 aliphatic carbocycles. The molecule has 0 N–H and O–H groups in total. The lowest BCUT2D eigenvalue weighted by Crippen LogP contribution is -2.06. The molecule has 1 aromatic carbocycles. The number of benzene rings is 1. The van der Waals surface area contributed by atoms with Crippen molar-refractivity contribution in [1.29, 1.82) is 5.26 Å². The molecule has 1 aromatic heterocycles. The van der Waals surface area contributed by atoms with Crippen molar-refractivity contribution in [3.63, 3.8) is 0 Å². The molecule has 0 fully saturated rings. The summed E-state index contributed by atoms with van der Waals surface area (Å²) in [5.74, 6) is 0.555. The summed E-state index contributed by atoms with van der Waals surface area (Å²) in [7, 11) is 0. The van der Waals surface area contributed by atoms with Gasteiger partial charge in [-0.15, -0.1) is 0 Å². The summed E-state index contributed by atoms with van der Waals surface area (Å²) < 4.78 is 8.56. The van der Waals surface area contributed by atoms with Gasteiger partial charge in [0, 0.05) is 6.54 Å². The Morgan fingerprint density at radius 1 is 1.50 bits per heavy atom. The van der Waals surface area contributed by atoms with E-state index in [0.29, 0.717) is 22.9 Å². The predicted octanol–water partition coefficient (Wildman–Crippen LogP) is 4.08. The number of aryl methyl sites for hydroxylation is 2. The van der Waals surface area contributed by atoms with Gasteiger partial charge in [-0.2, -0.15) is 10.4 Å². The van der Waals surface area contributed by atoms with Crippen molar-refractivity contribution in [3.05, 3.63) is 44.6 Å². The zero-order valence-corrected chi connectivity index (χ0v) is 13.5. The van der Waals surface area contributed by atoms with E-state index in [1.807, 2.05) is 24.6 Å². The molecule has 0 aliphatic heterocycles. The Hall–Kier alpha value is -1.51. The van der Waals surface area contributed by atoms with E-state index in [1.54, 1.807) is 18.2 Å². The molecular formula is C14H13BrClN3O. The van der Waals surface area contributed by atoms with Crippen LogP contribution in [0, 0.1) is 18.3 Å². The van der Waals surface area contributed by atoms with E-state index in [-0.39, 0.29) is 0 Å². The highest BCUT2D eigenvalue weighted by atomic mass is 79.9. The van der Waals surface area contributed by atoms with E-state index in [1.165, 1.54) is 0 Å². The number of rotatable bonds is 4. The second-order valence-electron chi connectivity index (χ2n) is 4.21. The number of hydrogen-bond donors (Lipinski definition) is 0. The van der Waals surface area contributed by atoms with Gasteiger partial charge in [-0.05, 0) is 48.0 Å². The first-order valence-corrected chi connectivity index (χ1v) is 7.28. The van der Waals surface area contributed by atoms with Gasteiger partial charge in [0.15, 0.2) is 0 Å². The van der Waals surface area contributed by atoms with E-state index in [2.05, 4.69) is 21.0 Å². The number of hydrogen-bond acceptors (Lipinski definition) is 3. The predicted molar refractivity (Wildman–Crippen MR) is 80.8 cm³/mol. The van der Waals surface area contributed by atoms with Crippen LogP contribution >= 0.6 is 27.5 Å². The Morgan fingerprint density at radius 3 is 2.85 bits per heavy atom. The summed E-state index contributed by atoms with van der Waals surface area (Å²) in [6, 6.07) is 7.01. The summed E-state index contributed by atoms with van der Waals surface area (Å²) in [5.41, 5.74) is 2.40. The monoisotopic (exact) mass is 353 g/mol. The van der Waals surface area contributed by atoms with Gasteiger partial charge in [-0.1, -0.05) is 11.6 Å². The van der Waals surface area contributed by atoms with E-state index in [4.69, 9.17) is 21.6 Å². The van der Waals surface area contributed by atoms with Gasteiger partial charge in [0.25, 0.3) is 0 Å². The lowest BCUT2D eigenvalue weighted by Gasteiger charge is -2.10. The fourth-order valence-corrected chi connectivity index (χ4v) is 2.47. The average Bonchev–Trinajstić information content (AvgIpc) is 2.73. The molecule has 0 atom stereocenters. The maximum absolute atomic E-state index is 8.80. The SMILES string of the molecule is CCn1nc(C)c(Br)c1COc1ccc(C#N)cc1Cl. The first-order valence-electron chi connectivity index (χ1n) is 6.11. The molecule has 104 valence electrons. The normalized spacial score (nSPS) is 10.3. The van der Waals surface area contributed by atoms with Crippen LogP contribution in [-0.2, 0) is 13.2 Å². The van der Waals surface area contributed by atoms with Gasteiger partial charge in [-0.25, -0.2) is 0 Å². The summed E-state index contributed by atoms with van der Waals surface area (Å²) >= 11 is 9.60. The lowest BCUT2D eigenvalue weighted by molar-refractivity contribution is 0.292. The molecule has 0 saturated heterocycles. The fraction of sp³-hybridized carbons (Fsp3) is 0.286. The molecule has 0 amide bonds. The fourth-order valence-electron chi connectivity index (χ4n) is 1.84. The summed E-state index contributed by atoms with van der Waals surface area (Å²) in [4.78, 5) is 0. The van der Waals surface area contributed by atoms with Gasteiger partial charge in [0.2, 0.25) is 0 Å². The Kier molecular flexibility index (Phi) is 4.69. The molecule has 0 aliphatic rings. The molecule has 0 spiro atoms. The minimum atomic E-state index is 0.362. The van der Waals surface area contributed by atoms with Crippen LogP contribution in [0.25, 0.3) is 0 Å². The third-order valence-electron chi connectivity index (χ3n) is 2.88. The topological polar surface area (TPSA) is 50.8 Å². The van der Waals surface area contributed by atoms with E-state index < -0.39 is 0 Å². The van der Waals surface area contributed by atoms with Crippen LogP contribution in [0.3, 0.4) is 0 Å². The van der Waals surface area contributed by atoms with E-state index in [0.717, 1.165) is 22.4 Å². The van der Waals surface area contributed by atoms with Crippen molar-refractivity contribution in [1.82, 2.24) is 9.78 Å². The van der Waals surface area contributed by atoms with Gasteiger partial charge < -0.3 is 4.74 Å². The number of nitrogens with zero attached hydrogens (tertiary/aromatic N) is 3. The van der Waals surface area contributed by atoms with Crippen LogP contribution in [0.2, 0.25) is 5.02 Å². The third kappa shape index (κ3) is 2.97. The van der Waals surface area contributed by atoms with Crippen molar-refractivity contribution >= 4 is 27.5 Å². The number of ether oxygens (including phenoxy) is 1. The van der Waals surface area contributed by atoms with E-state index >= 15 is 0 Å². The Balaban J connectivity index is 2.19.